The number of carboxylic acids is 1. The van der Waals surface area contributed by atoms with Gasteiger partial charge in [-0.15, -0.1) is 0 Å². The van der Waals surface area contributed by atoms with Gasteiger partial charge in [-0.25, -0.2) is 14.8 Å². The Balaban J connectivity index is 2.17. The van der Waals surface area contributed by atoms with Crippen LogP contribution in [0.1, 0.15) is 21.9 Å². The molecule has 0 aromatic carbocycles. The summed E-state index contributed by atoms with van der Waals surface area (Å²) in [5, 5.41) is 8.70. The number of nitrogens with zero attached hydrogens (tertiary/aromatic N) is 3. The molecule has 0 spiro atoms. The molecule has 0 atom stereocenters. The first-order valence-corrected chi connectivity index (χ1v) is 4.81. The van der Waals surface area contributed by atoms with E-state index in [4.69, 9.17) is 5.11 Å². The van der Waals surface area contributed by atoms with Crippen molar-refractivity contribution in [1.29, 1.82) is 0 Å². The topological polar surface area (TPSA) is 68.0 Å². The van der Waals surface area contributed by atoms with E-state index in [2.05, 4.69) is 9.97 Å². The van der Waals surface area contributed by atoms with E-state index in [1.54, 1.807) is 18.5 Å². The van der Waals surface area contributed by atoms with Gasteiger partial charge >= 0.3 is 5.97 Å². The Morgan fingerprint density at radius 2 is 2.25 bits per heavy atom. The van der Waals surface area contributed by atoms with Gasteiger partial charge in [-0.1, -0.05) is 6.07 Å². The minimum Gasteiger partial charge on any atom is -0.477 e. The van der Waals surface area contributed by atoms with Crippen molar-refractivity contribution in [3.63, 3.8) is 0 Å². The fourth-order valence-electron chi connectivity index (χ4n) is 1.40. The second-order valence-electron chi connectivity index (χ2n) is 3.49. The van der Waals surface area contributed by atoms with Gasteiger partial charge in [0.25, 0.3) is 0 Å². The van der Waals surface area contributed by atoms with Crippen molar-refractivity contribution in [3.05, 3.63) is 47.8 Å². The zero-order valence-electron chi connectivity index (χ0n) is 8.79. The van der Waals surface area contributed by atoms with Crippen LogP contribution >= 0.6 is 0 Å². The molecular weight excluding hydrogens is 206 g/mol. The smallest absolute Gasteiger partial charge is 0.354 e. The molecule has 0 bridgehead atoms. The van der Waals surface area contributed by atoms with Crippen LogP contribution in [-0.2, 0) is 13.5 Å². The van der Waals surface area contributed by atoms with E-state index in [1.807, 2.05) is 17.8 Å². The van der Waals surface area contributed by atoms with Crippen LogP contribution in [0.4, 0.5) is 0 Å². The quantitative estimate of drug-likeness (QED) is 0.836. The standard InChI is InChI=1S/C11H11N3O2/c1-14-5-4-12-10(14)6-8-2-3-9(11(15)16)13-7-8/h2-5,7H,6H2,1H3,(H,15,16). The molecule has 2 heterocycles. The van der Waals surface area contributed by atoms with E-state index in [0.29, 0.717) is 6.42 Å². The number of carboxylic acid groups (broad SMARTS) is 1. The van der Waals surface area contributed by atoms with Crippen LogP contribution in [0.15, 0.2) is 30.7 Å². The maximum absolute atomic E-state index is 10.6. The van der Waals surface area contributed by atoms with E-state index in [1.165, 1.54) is 6.07 Å². The summed E-state index contributed by atoms with van der Waals surface area (Å²) in [6.45, 7) is 0. The first-order valence-electron chi connectivity index (χ1n) is 4.81. The lowest BCUT2D eigenvalue weighted by Crippen LogP contribution is -2.02. The second-order valence-corrected chi connectivity index (χ2v) is 3.49. The fourth-order valence-corrected chi connectivity index (χ4v) is 1.40. The third kappa shape index (κ3) is 2.08. The van der Waals surface area contributed by atoms with Gasteiger partial charge in [-0.3, -0.25) is 0 Å². The minimum atomic E-state index is -1.01. The van der Waals surface area contributed by atoms with Crippen LogP contribution in [0.5, 0.6) is 0 Å². The van der Waals surface area contributed by atoms with Crippen molar-refractivity contribution in [2.45, 2.75) is 6.42 Å². The summed E-state index contributed by atoms with van der Waals surface area (Å²) in [6, 6.07) is 3.26. The van der Waals surface area contributed by atoms with Crippen molar-refractivity contribution in [3.8, 4) is 0 Å². The Morgan fingerprint density at radius 1 is 1.44 bits per heavy atom. The highest BCUT2D eigenvalue weighted by Crippen LogP contribution is 2.06. The minimum absolute atomic E-state index is 0.0589. The third-order valence-electron chi connectivity index (χ3n) is 2.33. The number of imidazole rings is 1. The van der Waals surface area contributed by atoms with Gasteiger partial charge in [0.15, 0.2) is 0 Å². The first-order chi connectivity index (χ1) is 7.66. The first kappa shape index (κ1) is 10.4. The highest BCUT2D eigenvalue weighted by molar-refractivity contribution is 5.85. The number of pyridine rings is 1. The second kappa shape index (κ2) is 4.14. The molecule has 5 heteroatoms. The molecular formula is C11H11N3O2. The Labute approximate surface area is 92.4 Å². The van der Waals surface area contributed by atoms with Gasteiger partial charge in [0.05, 0.1) is 0 Å². The number of aryl methyl sites for hydroxylation is 1. The van der Waals surface area contributed by atoms with Gasteiger partial charge in [0.1, 0.15) is 11.5 Å². The molecule has 0 aliphatic heterocycles. The Bertz CT molecular complexity index is 502. The number of hydrogen-bond donors (Lipinski definition) is 1. The van der Waals surface area contributed by atoms with Crippen molar-refractivity contribution in [1.82, 2.24) is 14.5 Å². The zero-order chi connectivity index (χ0) is 11.5. The largest absolute Gasteiger partial charge is 0.477 e. The van der Waals surface area contributed by atoms with Gasteiger partial charge in [0, 0.05) is 32.1 Å². The monoisotopic (exact) mass is 217 g/mol. The maximum Gasteiger partial charge on any atom is 0.354 e. The van der Waals surface area contributed by atoms with Crippen LogP contribution in [0, 0.1) is 0 Å². The number of aromatic nitrogens is 3. The molecule has 0 radical (unpaired) electrons. The highest BCUT2D eigenvalue weighted by atomic mass is 16.4. The predicted octanol–water partition coefficient (Wildman–Crippen LogP) is 1.10. The lowest BCUT2D eigenvalue weighted by molar-refractivity contribution is 0.0690. The zero-order valence-corrected chi connectivity index (χ0v) is 8.79. The summed E-state index contributed by atoms with van der Waals surface area (Å²) in [7, 11) is 1.92. The number of carbonyl (C=O) groups is 1. The van der Waals surface area contributed by atoms with E-state index in [-0.39, 0.29) is 5.69 Å². The molecule has 0 aliphatic carbocycles. The molecule has 0 saturated heterocycles. The number of aromatic carboxylic acids is 1. The van der Waals surface area contributed by atoms with E-state index in [9.17, 15) is 4.79 Å². The van der Waals surface area contributed by atoms with E-state index in [0.717, 1.165) is 11.4 Å². The molecule has 0 aliphatic rings. The molecule has 2 aromatic rings. The third-order valence-corrected chi connectivity index (χ3v) is 2.33. The SMILES string of the molecule is Cn1ccnc1Cc1ccc(C(=O)O)nc1. The summed E-state index contributed by atoms with van der Waals surface area (Å²) in [6.07, 6.45) is 5.82. The summed E-state index contributed by atoms with van der Waals surface area (Å²) in [5.74, 6) is -0.0894. The maximum atomic E-state index is 10.6. The molecule has 2 rings (SSSR count). The Hall–Kier alpha value is -2.17. The van der Waals surface area contributed by atoms with Gasteiger partial charge in [-0.2, -0.15) is 0 Å². The van der Waals surface area contributed by atoms with Crippen LogP contribution in [0.3, 0.4) is 0 Å². The molecule has 5 nitrogen and oxygen atoms in total. The molecule has 0 saturated carbocycles. The predicted molar refractivity (Wildman–Crippen MR) is 57.2 cm³/mol. The average Bonchev–Trinajstić information content (AvgIpc) is 2.65. The average molecular weight is 217 g/mol. The molecule has 1 N–H and O–H groups in total. The lowest BCUT2D eigenvalue weighted by atomic mass is 10.2. The van der Waals surface area contributed by atoms with Crippen LogP contribution in [0.2, 0.25) is 0 Å². The van der Waals surface area contributed by atoms with Crippen molar-refractivity contribution >= 4 is 5.97 Å². The van der Waals surface area contributed by atoms with Gasteiger partial charge < -0.3 is 9.67 Å². The van der Waals surface area contributed by atoms with Crippen LogP contribution < -0.4 is 0 Å². The van der Waals surface area contributed by atoms with E-state index >= 15 is 0 Å². The Kier molecular flexibility index (Phi) is 2.68. The normalized spacial score (nSPS) is 10.3. The Morgan fingerprint density at radius 3 is 2.75 bits per heavy atom. The molecule has 0 amide bonds. The number of rotatable bonds is 3. The molecule has 0 unspecified atom stereocenters. The van der Waals surface area contributed by atoms with Gasteiger partial charge in [-0.05, 0) is 11.6 Å². The highest BCUT2D eigenvalue weighted by Gasteiger charge is 2.05. The van der Waals surface area contributed by atoms with Crippen molar-refractivity contribution in [2.24, 2.45) is 7.05 Å². The van der Waals surface area contributed by atoms with Crippen molar-refractivity contribution < 1.29 is 9.90 Å². The molecule has 2 aromatic heterocycles. The summed E-state index contributed by atoms with van der Waals surface area (Å²) in [4.78, 5) is 18.6. The van der Waals surface area contributed by atoms with E-state index < -0.39 is 5.97 Å². The fraction of sp³-hybridized carbons (Fsp3) is 0.182. The number of hydrogen-bond acceptors (Lipinski definition) is 3. The van der Waals surface area contributed by atoms with Crippen molar-refractivity contribution in [2.75, 3.05) is 0 Å². The lowest BCUT2D eigenvalue weighted by Gasteiger charge is -2.02. The molecule has 16 heavy (non-hydrogen) atoms. The van der Waals surface area contributed by atoms with Gasteiger partial charge in [0.2, 0.25) is 0 Å². The molecule has 82 valence electrons. The summed E-state index contributed by atoms with van der Waals surface area (Å²) < 4.78 is 1.92. The van der Waals surface area contributed by atoms with Crippen LogP contribution in [-0.4, -0.2) is 25.6 Å². The molecule has 0 fully saturated rings. The summed E-state index contributed by atoms with van der Waals surface area (Å²) >= 11 is 0. The van der Waals surface area contributed by atoms with Crippen LogP contribution in [0.25, 0.3) is 0 Å². The summed E-state index contributed by atoms with van der Waals surface area (Å²) in [5.41, 5.74) is 1.00.